The molecular formula is C16H23N3O2. The molecule has 5 nitrogen and oxygen atoms in total. The lowest BCUT2D eigenvalue weighted by Crippen LogP contribution is -2.43. The number of urea groups is 1. The van der Waals surface area contributed by atoms with E-state index in [1.807, 2.05) is 45.9 Å². The molecule has 0 spiro atoms. The van der Waals surface area contributed by atoms with Gasteiger partial charge in [0.15, 0.2) is 0 Å². The molecule has 1 saturated heterocycles. The number of aryl methyl sites for hydroxylation is 1. The van der Waals surface area contributed by atoms with E-state index in [1.165, 1.54) is 0 Å². The number of anilines is 2. The molecule has 0 saturated carbocycles. The van der Waals surface area contributed by atoms with E-state index in [0.29, 0.717) is 12.1 Å². The van der Waals surface area contributed by atoms with Crippen LogP contribution in [0.2, 0.25) is 0 Å². The van der Waals surface area contributed by atoms with E-state index >= 15 is 0 Å². The molecule has 1 aromatic rings. The zero-order chi connectivity index (χ0) is 15.6. The van der Waals surface area contributed by atoms with E-state index < -0.39 is 0 Å². The van der Waals surface area contributed by atoms with Gasteiger partial charge in [0.05, 0.1) is 0 Å². The largest absolute Gasteiger partial charge is 0.333 e. The fourth-order valence-electron chi connectivity index (χ4n) is 2.38. The Hall–Kier alpha value is -2.04. The molecule has 1 fully saturated rings. The van der Waals surface area contributed by atoms with Gasteiger partial charge < -0.3 is 15.5 Å². The van der Waals surface area contributed by atoms with Crippen molar-refractivity contribution >= 4 is 23.3 Å². The van der Waals surface area contributed by atoms with Gasteiger partial charge in [-0.05, 0) is 51.8 Å². The predicted octanol–water partition coefficient (Wildman–Crippen LogP) is 3.04. The van der Waals surface area contributed by atoms with Crippen molar-refractivity contribution < 1.29 is 9.59 Å². The van der Waals surface area contributed by atoms with E-state index in [9.17, 15) is 9.59 Å². The highest BCUT2D eigenvalue weighted by Gasteiger charge is 2.23. The zero-order valence-electron chi connectivity index (χ0n) is 13.1. The number of carbonyl (C=O) groups excluding carboxylic acids is 2. The monoisotopic (exact) mass is 289 g/mol. The first-order valence-electron chi connectivity index (χ1n) is 7.26. The second-order valence-electron chi connectivity index (χ2n) is 6.48. The first-order chi connectivity index (χ1) is 9.76. The molecule has 1 aliphatic heterocycles. The van der Waals surface area contributed by atoms with Crippen LogP contribution in [-0.2, 0) is 4.79 Å². The van der Waals surface area contributed by atoms with Crippen molar-refractivity contribution in [3.8, 4) is 0 Å². The van der Waals surface area contributed by atoms with Gasteiger partial charge in [-0.25, -0.2) is 4.79 Å². The van der Waals surface area contributed by atoms with Crippen molar-refractivity contribution in [2.75, 3.05) is 16.8 Å². The summed E-state index contributed by atoms with van der Waals surface area (Å²) in [5.41, 5.74) is 2.32. The third kappa shape index (κ3) is 3.97. The van der Waals surface area contributed by atoms with Crippen LogP contribution in [0.1, 0.15) is 39.2 Å². The van der Waals surface area contributed by atoms with Crippen molar-refractivity contribution in [1.82, 2.24) is 5.32 Å². The summed E-state index contributed by atoms with van der Waals surface area (Å²) in [6, 6.07) is 5.39. The maximum atomic E-state index is 11.9. The average Bonchev–Trinajstić information content (AvgIpc) is 2.75. The molecule has 1 aliphatic rings. The van der Waals surface area contributed by atoms with Crippen LogP contribution in [0.4, 0.5) is 16.2 Å². The lowest BCUT2D eigenvalue weighted by molar-refractivity contribution is -0.117. The van der Waals surface area contributed by atoms with E-state index in [1.54, 1.807) is 4.90 Å². The van der Waals surface area contributed by atoms with Crippen LogP contribution < -0.4 is 15.5 Å². The second-order valence-corrected chi connectivity index (χ2v) is 6.48. The number of rotatable bonds is 2. The molecule has 3 amide bonds. The van der Waals surface area contributed by atoms with Gasteiger partial charge in [0.2, 0.25) is 5.91 Å². The number of hydrogen-bond acceptors (Lipinski definition) is 2. The van der Waals surface area contributed by atoms with E-state index in [4.69, 9.17) is 0 Å². The minimum atomic E-state index is -0.289. The Kier molecular flexibility index (Phi) is 4.21. The molecule has 21 heavy (non-hydrogen) atoms. The van der Waals surface area contributed by atoms with Gasteiger partial charge in [-0.2, -0.15) is 0 Å². The minimum Gasteiger partial charge on any atom is -0.333 e. The number of nitrogens with one attached hydrogen (secondary N) is 2. The lowest BCUT2D eigenvalue weighted by Gasteiger charge is -2.22. The molecule has 0 atom stereocenters. The summed E-state index contributed by atoms with van der Waals surface area (Å²) < 4.78 is 0. The lowest BCUT2D eigenvalue weighted by atomic mass is 10.1. The summed E-state index contributed by atoms with van der Waals surface area (Å²) in [6.07, 6.45) is 1.49. The first-order valence-corrected chi connectivity index (χ1v) is 7.26. The Morgan fingerprint density at radius 2 is 2.00 bits per heavy atom. The molecule has 2 N–H and O–H groups in total. The highest BCUT2D eigenvalue weighted by molar-refractivity contribution is 5.97. The molecule has 0 bridgehead atoms. The average molecular weight is 289 g/mol. The summed E-state index contributed by atoms with van der Waals surface area (Å²) in [7, 11) is 0. The number of carbonyl (C=O) groups is 2. The van der Waals surface area contributed by atoms with Gasteiger partial charge >= 0.3 is 6.03 Å². The van der Waals surface area contributed by atoms with Crippen LogP contribution >= 0.6 is 0 Å². The Morgan fingerprint density at radius 1 is 1.29 bits per heavy atom. The van der Waals surface area contributed by atoms with Crippen molar-refractivity contribution in [2.24, 2.45) is 0 Å². The summed E-state index contributed by atoms with van der Waals surface area (Å²) >= 11 is 0. The maximum Gasteiger partial charge on any atom is 0.319 e. The van der Waals surface area contributed by atoms with Gasteiger partial charge in [0, 0.05) is 29.9 Å². The fourth-order valence-corrected chi connectivity index (χ4v) is 2.38. The highest BCUT2D eigenvalue weighted by atomic mass is 16.2. The summed E-state index contributed by atoms with van der Waals surface area (Å²) in [4.78, 5) is 25.6. The maximum absolute atomic E-state index is 11.9. The minimum absolute atomic E-state index is 0.148. The van der Waals surface area contributed by atoms with Crippen LogP contribution in [0.15, 0.2) is 18.2 Å². The zero-order valence-corrected chi connectivity index (χ0v) is 13.1. The molecule has 0 unspecified atom stereocenters. The standard InChI is InChI=1S/C16H23N3O2/c1-11-7-8-12(17-15(21)18-16(2,3)4)10-13(11)19-9-5-6-14(19)20/h7-8,10H,5-6,9H2,1-4H3,(H2,17,18,21). The third-order valence-electron chi connectivity index (χ3n) is 3.32. The summed E-state index contributed by atoms with van der Waals surface area (Å²) in [6.45, 7) is 8.50. The van der Waals surface area contributed by atoms with E-state index in [0.717, 1.165) is 24.2 Å². The highest BCUT2D eigenvalue weighted by Crippen LogP contribution is 2.28. The summed E-state index contributed by atoms with van der Waals surface area (Å²) in [5, 5.41) is 5.67. The molecule has 1 aromatic carbocycles. The molecule has 2 rings (SSSR count). The van der Waals surface area contributed by atoms with Crippen molar-refractivity contribution in [2.45, 2.75) is 46.1 Å². The van der Waals surface area contributed by atoms with Gasteiger partial charge in [0.1, 0.15) is 0 Å². The Labute approximate surface area is 125 Å². The summed E-state index contributed by atoms with van der Waals surface area (Å²) in [5.74, 6) is 0.148. The normalized spacial score (nSPS) is 15.2. The molecule has 114 valence electrons. The third-order valence-corrected chi connectivity index (χ3v) is 3.32. The molecule has 0 aromatic heterocycles. The number of nitrogens with zero attached hydrogens (tertiary/aromatic N) is 1. The SMILES string of the molecule is Cc1ccc(NC(=O)NC(C)(C)C)cc1N1CCCC1=O. The van der Waals surface area contributed by atoms with Crippen molar-refractivity contribution in [1.29, 1.82) is 0 Å². The number of amides is 3. The van der Waals surface area contributed by atoms with Gasteiger partial charge in [-0.15, -0.1) is 0 Å². The molecule has 0 radical (unpaired) electrons. The molecule has 0 aliphatic carbocycles. The Bertz CT molecular complexity index is 561. The van der Waals surface area contributed by atoms with Crippen molar-refractivity contribution in [3.63, 3.8) is 0 Å². The predicted molar refractivity (Wildman–Crippen MR) is 84.7 cm³/mol. The Balaban J connectivity index is 2.15. The van der Waals surface area contributed by atoms with Gasteiger partial charge in [-0.1, -0.05) is 6.07 Å². The second kappa shape index (κ2) is 5.76. The van der Waals surface area contributed by atoms with Crippen LogP contribution in [0.3, 0.4) is 0 Å². The van der Waals surface area contributed by atoms with Crippen LogP contribution in [-0.4, -0.2) is 24.0 Å². The number of hydrogen-bond donors (Lipinski definition) is 2. The molecule has 1 heterocycles. The van der Waals surface area contributed by atoms with E-state index in [2.05, 4.69) is 10.6 Å². The van der Waals surface area contributed by atoms with Gasteiger partial charge in [-0.3, -0.25) is 4.79 Å². The van der Waals surface area contributed by atoms with Crippen LogP contribution in [0.5, 0.6) is 0 Å². The van der Waals surface area contributed by atoms with Gasteiger partial charge in [0.25, 0.3) is 0 Å². The molecule has 5 heteroatoms. The quantitative estimate of drug-likeness (QED) is 0.879. The fraction of sp³-hybridized carbons (Fsp3) is 0.500. The van der Waals surface area contributed by atoms with Crippen molar-refractivity contribution in [3.05, 3.63) is 23.8 Å². The van der Waals surface area contributed by atoms with Crippen LogP contribution in [0, 0.1) is 6.92 Å². The topological polar surface area (TPSA) is 61.4 Å². The van der Waals surface area contributed by atoms with E-state index in [-0.39, 0.29) is 17.5 Å². The molecular weight excluding hydrogens is 266 g/mol. The Morgan fingerprint density at radius 3 is 2.57 bits per heavy atom. The smallest absolute Gasteiger partial charge is 0.319 e. The first kappa shape index (κ1) is 15.4. The number of benzene rings is 1. The van der Waals surface area contributed by atoms with Crippen LogP contribution in [0.25, 0.3) is 0 Å².